The first-order chi connectivity index (χ1) is 12.9. The molecule has 2 nitrogen and oxygen atoms in total. The van der Waals surface area contributed by atoms with Crippen molar-refractivity contribution < 1.29 is 9.47 Å². The van der Waals surface area contributed by atoms with E-state index < -0.39 is 0 Å². The van der Waals surface area contributed by atoms with Gasteiger partial charge >= 0.3 is 0 Å². The number of allylic oxidation sites excluding steroid dienone is 1. The molecule has 0 amide bonds. The highest BCUT2D eigenvalue weighted by atomic mass is 16.7. The Morgan fingerprint density at radius 1 is 1.04 bits per heavy atom. The topological polar surface area (TPSA) is 18.5 Å². The van der Waals surface area contributed by atoms with Crippen molar-refractivity contribution in [2.45, 2.75) is 91.3 Å². The van der Waals surface area contributed by atoms with Crippen LogP contribution in [0.3, 0.4) is 0 Å². The molecule has 0 bridgehead atoms. The van der Waals surface area contributed by atoms with E-state index in [1.807, 2.05) is 0 Å². The Hall–Kier alpha value is -0.340. The summed E-state index contributed by atoms with van der Waals surface area (Å²) in [4.78, 5) is 0. The van der Waals surface area contributed by atoms with Gasteiger partial charge in [0.15, 0.2) is 5.79 Å². The summed E-state index contributed by atoms with van der Waals surface area (Å²) in [7, 11) is 0. The average molecular weight is 373 g/mol. The molecule has 27 heavy (non-hydrogen) atoms. The summed E-state index contributed by atoms with van der Waals surface area (Å²) in [5.74, 6) is 4.36. The van der Waals surface area contributed by atoms with Crippen molar-refractivity contribution in [1.29, 1.82) is 0 Å². The molecule has 3 saturated carbocycles. The second-order valence-corrected chi connectivity index (χ2v) is 11.2. The maximum Gasteiger partial charge on any atom is 0.172 e. The molecule has 5 aliphatic rings. The predicted molar refractivity (Wildman–Crippen MR) is 109 cm³/mol. The van der Waals surface area contributed by atoms with Gasteiger partial charge in [-0.3, -0.25) is 0 Å². The van der Waals surface area contributed by atoms with Gasteiger partial charge in [0.1, 0.15) is 0 Å². The molecule has 7 atom stereocenters. The zero-order valence-corrected chi connectivity index (χ0v) is 18.1. The van der Waals surface area contributed by atoms with Gasteiger partial charge in [-0.25, -0.2) is 0 Å². The quantitative estimate of drug-likeness (QED) is 0.525. The first kappa shape index (κ1) is 18.7. The molecule has 2 heteroatoms. The van der Waals surface area contributed by atoms with Crippen LogP contribution in [0.25, 0.3) is 0 Å². The largest absolute Gasteiger partial charge is 0.347 e. The number of hydrogen-bond acceptors (Lipinski definition) is 2. The zero-order valence-electron chi connectivity index (χ0n) is 18.1. The third-order valence-corrected chi connectivity index (χ3v) is 10.3. The molecular weight excluding hydrogens is 332 g/mol. The summed E-state index contributed by atoms with van der Waals surface area (Å²) in [6, 6.07) is 0. The van der Waals surface area contributed by atoms with Crippen LogP contribution in [0.5, 0.6) is 0 Å². The van der Waals surface area contributed by atoms with Gasteiger partial charge in [-0.05, 0) is 78.9 Å². The summed E-state index contributed by atoms with van der Waals surface area (Å²) in [5.41, 5.74) is 2.68. The van der Waals surface area contributed by atoms with Crippen molar-refractivity contribution in [3.8, 4) is 0 Å². The molecule has 1 saturated heterocycles. The van der Waals surface area contributed by atoms with E-state index in [4.69, 9.17) is 9.47 Å². The van der Waals surface area contributed by atoms with E-state index in [1.165, 1.54) is 44.9 Å². The van der Waals surface area contributed by atoms with E-state index in [2.05, 4.69) is 33.8 Å². The Labute approximate surface area is 166 Å². The lowest BCUT2D eigenvalue weighted by Gasteiger charge is -2.59. The zero-order chi connectivity index (χ0) is 18.9. The van der Waals surface area contributed by atoms with Crippen LogP contribution in [-0.2, 0) is 9.47 Å². The Bertz CT molecular complexity index is 618. The summed E-state index contributed by atoms with van der Waals surface area (Å²) >= 11 is 0. The minimum atomic E-state index is -0.267. The fourth-order valence-electron chi connectivity index (χ4n) is 8.61. The highest BCUT2D eigenvalue weighted by Crippen LogP contribution is 2.68. The molecule has 1 heterocycles. The van der Waals surface area contributed by atoms with Gasteiger partial charge < -0.3 is 9.47 Å². The van der Waals surface area contributed by atoms with Gasteiger partial charge in [0.2, 0.25) is 0 Å². The van der Waals surface area contributed by atoms with Gasteiger partial charge in [0.05, 0.1) is 13.2 Å². The third kappa shape index (κ3) is 2.58. The third-order valence-electron chi connectivity index (χ3n) is 10.3. The molecule has 5 rings (SSSR count). The molecule has 0 N–H and O–H groups in total. The maximum atomic E-state index is 6.09. The van der Waals surface area contributed by atoms with E-state index in [-0.39, 0.29) is 5.79 Å². The van der Waals surface area contributed by atoms with Gasteiger partial charge in [0.25, 0.3) is 0 Å². The van der Waals surface area contributed by atoms with Crippen molar-refractivity contribution in [2.75, 3.05) is 13.2 Å². The van der Waals surface area contributed by atoms with E-state index in [1.54, 1.807) is 5.57 Å². The van der Waals surface area contributed by atoms with Crippen molar-refractivity contribution in [2.24, 2.45) is 40.4 Å². The SMILES string of the molecule is CCC(C)[C@H]1CCC2C3CC=C4CC5(CC[C@]4(C)C3CC[C@@]21C)OCCO5. The number of rotatable bonds is 2. The fourth-order valence-corrected chi connectivity index (χ4v) is 8.61. The lowest BCUT2D eigenvalue weighted by atomic mass is 9.46. The van der Waals surface area contributed by atoms with E-state index in [9.17, 15) is 0 Å². The van der Waals surface area contributed by atoms with E-state index in [0.717, 1.165) is 55.6 Å². The van der Waals surface area contributed by atoms with Crippen LogP contribution in [0.1, 0.15) is 85.5 Å². The minimum Gasteiger partial charge on any atom is -0.347 e. The Kier molecular flexibility index (Phi) is 4.38. The minimum absolute atomic E-state index is 0.267. The van der Waals surface area contributed by atoms with Crippen LogP contribution in [-0.4, -0.2) is 19.0 Å². The highest BCUT2D eigenvalue weighted by Gasteiger charge is 2.60. The van der Waals surface area contributed by atoms with Crippen LogP contribution in [0.4, 0.5) is 0 Å². The summed E-state index contributed by atoms with van der Waals surface area (Å²) < 4.78 is 12.2. The van der Waals surface area contributed by atoms with Gasteiger partial charge in [0, 0.05) is 12.8 Å². The molecule has 152 valence electrons. The van der Waals surface area contributed by atoms with Crippen LogP contribution in [0.2, 0.25) is 0 Å². The monoisotopic (exact) mass is 372 g/mol. The molecule has 0 aromatic carbocycles. The van der Waals surface area contributed by atoms with Gasteiger partial charge in [-0.15, -0.1) is 0 Å². The first-order valence-electron chi connectivity index (χ1n) is 11.9. The van der Waals surface area contributed by atoms with E-state index in [0.29, 0.717) is 10.8 Å². The van der Waals surface area contributed by atoms with Crippen LogP contribution < -0.4 is 0 Å². The highest BCUT2D eigenvalue weighted by molar-refractivity contribution is 5.26. The summed E-state index contributed by atoms with van der Waals surface area (Å²) in [6.45, 7) is 11.8. The van der Waals surface area contributed by atoms with Gasteiger partial charge in [-0.2, -0.15) is 0 Å². The molecule has 0 aromatic rings. The maximum absolute atomic E-state index is 6.09. The lowest BCUT2D eigenvalue weighted by Crippen LogP contribution is -2.52. The number of fused-ring (bicyclic) bond motifs is 5. The number of ether oxygens (including phenoxy) is 2. The Balaban J connectivity index is 1.42. The fraction of sp³-hybridized carbons (Fsp3) is 0.920. The predicted octanol–water partition coefficient (Wildman–Crippen LogP) is 6.35. The molecule has 0 radical (unpaired) electrons. The number of hydrogen-bond donors (Lipinski definition) is 0. The van der Waals surface area contributed by atoms with Crippen molar-refractivity contribution in [3.63, 3.8) is 0 Å². The van der Waals surface area contributed by atoms with Crippen molar-refractivity contribution in [3.05, 3.63) is 11.6 Å². The standard InChI is InChI=1S/C25H40O2/c1-5-17(2)20-8-9-21-19-7-6-18-16-25(26-14-15-27-25)13-12-23(18,3)22(19)10-11-24(20,21)4/h6,17,19-22H,5,7-16H2,1-4H3/t17?,19?,20-,21?,22?,23+,24-/m1/s1. The molecule has 1 spiro atoms. The van der Waals surface area contributed by atoms with Crippen molar-refractivity contribution in [1.82, 2.24) is 0 Å². The molecule has 0 aromatic heterocycles. The van der Waals surface area contributed by atoms with E-state index >= 15 is 0 Å². The first-order valence-corrected chi connectivity index (χ1v) is 11.9. The summed E-state index contributed by atoms with van der Waals surface area (Å²) in [5, 5.41) is 0. The lowest BCUT2D eigenvalue weighted by molar-refractivity contribution is -0.185. The van der Waals surface area contributed by atoms with Crippen LogP contribution in [0.15, 0.2) is 11.6 Å². The smallest absolute Gasteiger partial charge is 0.172 e. The Morgan fingerprint density at radius 2 is 1.81 bits per heavy atom. The second kappa shape index (κ2) is 6.33. The second-order valence-electron chi connectivity index (χ2n) is 11.2. The van der Waals surface area contributed by atoms with Crippen LogP contribution in [0, 0.1) is 40.4 Å². The average Bonchev–Trinajstić information content (AvgIpc) is 3.26. The molecule has 4 unspecified atom stereocenters. The Morgan fingerprint density at radius 3 is 2.56 bits per heavy atom. The summed E-state index contributed by atoms with van der Waals surface area (Å²) in [6.07, 6.45) is 14.6. The van der Waals surface area contributed by atoms with Gasteiger partial charge in [-0.1, -0.05) is 45.8 Å². The van der Waals surface area contributed by atoms with Crippen LogP contribution >= 0.6 is 0 Å². The molecule has 4 aliphatic carbocycles. The normalized spacial score (nSPS) is 49.3. The molecule has 4 fully saturated rings. The molecule has 1 aliphatic heterocycles. The molecular formula is C25H40O2. The van der Waals surface area contributed by atoms with Crippen molar-refractivity contribution >= 4 is 0 Å².